The number of nitrogens with one attached hydrogen (secondary N) is 2. The van der Waals surface area contributed by atoms with Crippen LogP contribution in [0.2, 0.25) is 0 Å². The monoisotopic (exact) mass is 444 g/mol. The maximum atomic E-state index is 13.8. The summed E-state index contributed by atoms with van der Waals surface area (Å²) in [4.78, 5) is 29.2. The van der Waals surface area contributed by atoms with E-state index in [1.165, 1.54) is 36.4 Å². The molecule has 2 aromatic carbocycles. The van der Waals surface area contributed by atoms with Crippen molar-refractivity contribution in [2.45, 2.75) is 18.2 Å². The number of carbonyl (C=O) groups excluding carboxylic acids is 2. The zero-order valence-corrected chi connectivity index (χ0v) is 17.8. The molecular formula is C22H22F2N4O2S. The van der Waals surface area contributed by atoms with Crippen molar-refractivity contribution in [3.05, 3.63) is 83.9 Å². The smallest absolute Gasteiger partial charge is 0.234 e. The van der Waals surface area contributed by atoms with Crippen molar-refractivity contribution < 1.29 is 18.4 Å². The van der Waals surface area contributed by atoms with Crippen molar-refractivity contribution in [2.75, 3.05) is 11.1 Å². The highest BCUT2D eigenvalue weighted by molar-refractivity contribution is 8.01. The molecule has 0 spiro atoms. The van der Waals surface area contributed by atoms with E-state index in [-0.39, 0.29) is 17.6 Å². The Morgan fingerprint density at radius 2 is 1.87 bits per heavy atom. The second-order valence-electron chi connectivity index (χ2n) is 6.90. The molecule has 0 saturated carbocycles. The number of thioether (sulfide) groups is 1. The Labute approximate surface area is 183 Å². The number of aryl methyl sites for hydroxylation is 1. The molecule has 0 aliphatic heterocycles. The molecule has 6 nitrogen and oxygen atoms in total. The van der Waals surface area contributed by atoms with Gasteiger partial charge in [-0.05, 0) is 48.9 Å². The van der Waals surface area contributed by atoms with E-state index < -0.39 is 22.9 Å². The number of nitrogens with zero attached hydrogens (tertiary/aromatic N) is 2. The number of hydrogen-bond acceptors (Lipinski definition) is 4. The van der Waals surface area contributed by atoms with Crippen LogP contribution in [0.4, 0.5) is 14.5 Å². The minimum atomic E-state index is -0.640. The minimum absolute atomic E-state index is 0.0407. The number of hydrogen-bond donors (Lipinski definition) is 2. The molecule has 1 heterocycles. The van der Waals surface area contributed by atoms with Crippen molar-refractivity contribution in [2.24, 2.45) is 7.05 Å². The Balaban J connectivity index is 1.62. The zero-order valence-electron chi connectivity index (χ0n) is 17.0. The first-order chi connectivity index (χ1) is 14.8. The van der Waals surface area contributed by atoms with Crippen molar-refractivity contribution in [3.8, 4) is 0 Å². The quantitative estimate of drug-likeness (QED) is 0.556. The molecule has 31 heavy (non-hydrogen) atoms. The lowest BCUT2D eigenvalue weighted by molar-refractivity contribution is -0.120. The summed E-state index contributed by atoms with van der Waals surface area (Å²) in [7, 11) is 1.79. The van der Waals surface area contributed by atoms with Gasteiger partial charge in [-0.3, -0.25) is 9.59 Å². The van der Waals surface area contributed by atoms with Crippen molar-refractivity contribution >= 4 is 29.3 Å². The number of carbonyl (C=O) groups is 2. The normalized spacial score (nSPS) is 12.8. The molecular weight excluding hydrogens is 422 g/mol. The van der Waals surface area contributed by atoms with Crippen LogP contribution in [0.5, 0.6) is 0 Å². The van der Waals surface area contributed by atoms with Gasteiger partial charge in [-0.25, -0.2) is 13.8 Å². The molecule has 0 fully saturated rings. The number of imidazole rings is 1. The van der Waals surface area contributed by atoms with Gasteiger partial charge in [0.15, 0.2) is 0 Å². The third kappa shape index (κ3) is 6.14. The largest absolute Gasteiger partial charge is 0.341 e. The second-order valence-corrected chi connectivity index (χ2v) is 8.23. The second kappa shape index (κ2) is 10.2. The van der Waals surface area contributed by atoms with Gasteiger partial charge in [0, 0.05) is 25.1 Å². The van der Waals surface area contributed by atoms with Gasteiger partial charge in [-0.15, -0.1) is 11.8 Å². The van der Waals surface area contributed by atoms with Crippen LogP contribution in [-0.2, 0) is 16.6 Å². The Kier molecular flexibility index (Phi) is 7.41. The van der Waals surface area contributed by atoms with Crippen molar-refractivity contribution in [1.29, 1.82) is 0 Å². The minimum Gasteiger partial charge on any atom is -0.341 e. The van der Waals surface area contributed by atoms with Crippen LogP contribution in [0.25, 0.3) is 0 Å². The van der Waals surface area contributed by atoms with Gasteiger partial charge in [-0.2, -0.15) is 0 Å². The van der Waals surface area contributed by atoms with Crippen LogP contribution in [-0.4, -0.2) is 32.4 Å². The number of benzene rings is 2. The molecule has 0 aliphatic carbocycles. The van der Waals surface area contributed by atoms with E-state index in [0.29, 0.717) is 17.1 Å². The summed E-state index contributed by atoms with van der Waals surface area (Å²) >= 11 is 1.16. The zero-order chi connectivity index (χ0) is 22.4. The average molecular weight is 445 g/mol. The van der Waals surface area contributed by atoms with E-state index in [4.69, 9.17) is 0 Å². The Morgan fingerprint density at radius 1 is 1.13 bits per heavy atom. The lowest BCUT2D eigenvalue weighted by Gasteiger charge is -2.21. The standard InChI is InChI=1S/C22H22F2N4O2S/c1-14(31-13-19(29)26-18-8-6-16(23)7-9-18)22(30)27-20(21-25-10-11-28(21)2)15-4-3-5-17(24)12-15/h3-12,14,20H,13H2,1-2H3,(H,26,29)(H,27,30). The van der Waals surface area contributed by atoms with E-state index >= 15 is 0 Å². The lowest BCUT2D eigenvalue weighted by atomic mass is 10.1. The Bertz CT molecular complexity index is 1060. The van der Waals surface area contributed by atoms with Gasteiger partial charge in [0.1, 0.15) is 23.5 Å². The molecule has 1 aromatic heterocycles. The Hall–Kier alpha value is -3.20. The third-order valence-corrected chi connectivity index (χ3v) is 5.69. The van der Waals surface area contributed by atoms with Crippen LogP contribution in [0.1, 0.15) is 24.4 Å². The predicted molar refractivity (Wildman–Crippen MR) is 117 cm³/mol. The van der Waals surface area contributed by atoms with Crippen molar-refractivity contribution in [1.82, 2.24) is 14.9 Å². The van der Waals surface area contributed by atoms with Crippen LogP contribution in [0.15, 0.2) is 60.9 Å². The van der Waals surface area contributed by atoms with Gasteiger partial charge in [0.05, 0.1) is 11.0 Å². The SMILES string of the molecule is CC(SCC(=O)Nc1ccc(F)cc1)C(=O)NC(c1cccc(F)c1)c1nccn1C. The topological polar surface area (TPSA) is 76.0 Å². The molecule has 2 atom stereocenters. The van der Waals surface area contributed by atoms with Gasteiger partial charge in [0.25, 0.3) is 0 Å². The molecule has 2 N–H and O–H groups in total. The van der Waals surface area contributed by atoms with Crippen LogP contribution in [0, 0.1) is 11.6 Å². The first-order valence-corrected chi connectivity index (χ1v) is 10.6. The number of halogens is 2. The number of amides is 2. The van der Waals surface area contributed by atoms with E-state index in [2.05, 4.69) is 15.6 Å². The molecule has 9 heteroatoms. The lowest BCUT2D eigenvalue weighted by Crippen LogP contribution is -2.36. The fourth-order valence-corrected chi connectivity index (χ4v) is 3.60. The first-order valence-electron chi connectivity index (χ1n) is 9.53. The highest BCUT2D eigenvalue weighted by Crippen LogP contribution is 2.23. The van der Waals surface area contributed by atoms with Gasteiger partial charge < -0.3 is 15.2 Å². The fourth-order valence-electron chi connectivity index (χ4n) is 2.90. The Morgan fingerprint density at radius 3 is 2.52 bits per heavy atom. The summed E-state index contributed by atoms with van der Waals surface area (Å²) < 4.78 is 28.5. The highest BCUT2D eigenvalue weighted by Gasteiger charge is 2.24. The summed E-state index contributed by atoms with van der Waals surface area (Å²) in [5, 5.41) is 5.01. The third-order valence-electron chi connectivity index (χ3n) is 4.55. The molecule has 0 saturated heterocycles. The van der Waals surface area contributed by atoms with Gasteiger partial charge in [-0.1, -0.05) is 12.1 Å². The molecule has 162 valence electrons. The first kappa shape index (κ1) is 22.5. The maximum Gasteiger partial charge on any atom is 0.234 e. The van der Waals surface area contributed by atoms with E-state index in [1.807, 2.05) is 0 Å². The molecule has 2 amide bonds. The summed E-state index contributed by atoms with van der Waals surface area (Å²) in [6.45, 7) is 1.69. The van der Waals surface area contributed by atoms with E-state index in [0.717, 1.165) is 11.8 Å². The molecule has 0 radical (unpaired) electrons. The van der Waals surface area contributed by atoms with Crippen molar-refractivity contribution in [3.63, 3.8) is 0 Å². The molecule has 0 aliphatic rings. The predicted octanol–water partition coefficient (Wildman–Crippen LogP) is 3.66. The average Bonchev–Trinajstić information content (AvgIpc) is 3.17. The summed E-state index contributed by atoms with van der Waals surface area (Å²) in [5.41, 5.74) is 1.04. The number of aromatic nitrogens is 2. The van der Waals surface area contributed by atoms with Crippen LogP contribution < -0.4 is 10.6 Å². The van der Waals surface area contributed by atoms with Crippen LogP contribution in [0.3, 0.4) is 0 Å². The van der Waals surface area contributed by atoms with Crippen LogP contribution >= 0.6 is 11.8 Å². The number of rotatable bonds is 8. The summed E-state index contributed by atoms with van der Waals surface area (Å²) in [6, 6.07) is 10.8. The molecule has 2 unspecified atom stereocenters. The number of anilines is 1. The molecule has 3 rings (SSSR count). The summed E-state index contributed by atoms with van der Waals surface area (Å²) in [5.74, 6) is -0.813. The van der Waals surface area contributed by atoms with Gasteiger partial charge in [0.2, 0.25) is 11.8 Å². The molecule has 0 bridgehead atoms. The highest BCUT2D eigenvalue weighted by atomic mass is 32.2. The van der Waals surface area contributed by atoms with Gasteiger partial charge >= 0.3 is 0 Å². The fraction of sp³-hybridized carbons (Fsp3) is 0.227. The molecule has 3 aromatic rings. The summed E-state index contributed by atoms with van der Waals surface area (Å²) in [6.07, 6.45) is 3.34. The van der Waals surface area contributed by atoms with E-state index in [1.54, 1.807) is 43.1 Å². The van der Waals surface area contributed by atoms with E-state index in [9.17, 15) is 18.4 Å². The maximum absolute atomic E-state index is 13.8.